The molecule has 1 aromatic carbocycles. The van der Waals surface area contributed by atoms with Crippen LogP contribution in [0.25, 0.3) is 0 Å². The Kier molecular flexibility index (Phi) is 11.7. The average molecular weight is 296 g/mol. The molecule has 3 N–H and O–H groups in total. The van der Waals surface area contributed by atoms with E-state index in [9.17, 15) is 18.5 Å². The van der Waals surface area contributed by atoms with Crippen LogP contribution in [0.4, 0.5) is 11.4 Å². The first-order valence-electron chi connectivity index (χ1n) is 3.34. The summed E-state index contributed by atoms with van der Waals surface area (Å²) in [5.74, 6) is 0. The van der Waals surface area contributed by atoms with E-state index in [0.717, 1.165) is 12.1 Å². The van der Waals surface area contributed by atoms with Gasteiger partial charge in [-0.2, -0.15) is 8.42 Å². The molecule has 17 heavy (non-hydrogen) atoms. The zero-order chi connectivity index (χ0) is 10.9. The van der Waals surface area contributed by atoms with Crippen molar-refractivity contribution in [1.29, 1.82) is 0 Å². The monoisotopic (exact) mass is 296 g/mol. The molecule has 0 aliphatic carbocycles. The normalized spacial score (nSPS) is 9.24. The minimum absolute atomic E-state index is 0. The maximum Gasteiger partial charge on any atom is 1.00 e. The maximum atomic E-state index is 10.6. The van der Waals surface area contributed by atoms with E-state index >= 15 is 0 Å². The number of hydrogen-bond acceptors (Lipinski definition) is 5. The van der Waals surface area contributed by atoms with Crippen LogP contribution < -0.4 is 64.8 Å². The summed E-state index contributed by atoms with van der Waals surface area (Å²) in [4.78, 5) is 8.96. The molecule has 7 nitrogen and oxygen atoms in total. The van der Waals surface area contributed by atoms with Crippen molar-refractivity contribution in [1.82, 2.24) is 0 Å². The molecule has 0 saturated carbocycles. The van der Waals surface area contributed by atoms with E-state index in [1.165, 1.54) is 0 Å². The van der Waals surface area contributed by atoms with Crippen molar-refractivity contribution in [3.63, 3.8) is 0 Å². The molecule has 0 fully saturated rings. The van der Waals surface area contributed by atoms with Crippen LogP contribution in [0, 0.1) is 10.1 Å². The van der Waals surface area contributed by atoms with Gasteiger partial charge in [0.05, 0.1) is 4.92 Å². The van der Waals surface area contributed by atoms with Gasteiger partial charge in [0, 0.05) is 6.07 Å². The smallest absolute Gasteiger partial charge is 1.00 e. The van der Waals surface area contributed by atoms with Crippen molar-refractivity contribution in [2.24, 2.45) is 0 Å². The van der Waals surface area contributed by atoms with Crippen LogP contribution in [0.15, 0.2) is 23.1 Å². The fraction of sp³-hybridized carbons (Fsp3) is 0. The topological polar surface area (TPSA) is 124 Å². The van der Waals surface area contributed by atoms with Gasteiger partial charge < -0.3 is 19.2 Å². The van der Waals surface area contributed by atoms with Crippen molar-refractivity contribution in [2.75, 3.05) is 5.73 Å². The quantitative estimate of drug-likeness (QED) is 0.184. The second kappa shape index (κ2) is 8.73. The van der Waals surface area contributed by atoms with E-state index in [-0.39, 0.29) is 78.3 Å². The van der Waals surface area contributed by atoms with Gasteiger partial charge in [0.15, 0.2) is 0 Å². The number of benzene rings is 1. The minimum atomic E-state index is -4.44. The first-order chi connectivity index (χ1) is 6.32. The van der Waals surface area contributed by atoms with E-state index < -0.39 is 25.6 Å². The molecule has 11 heteroatoms. The molecule has 0 radical (unpaired) electrons. The summed E-state index contributed by atoms with van der Waals surface area (Å²) in [5, 5.41) is 10.4. The predicted octanol–water partition coefficient (Wildman–Crippen LogP) is -5.57. The van der Waals surface area contributed by atoms with Crippen LogP contribution in [-0.2, 0) is 23.6 Å². The van der Waals surface area contributed by atoms with Crippen LogP contribution in [0.3, 0.4) is 0 Å². The van der Waals surface area contributed by atoms with Gasteiger partial charge in [-0.15, -0.1) is 0 Å². The zero-order valence-electron chi connectivity index (χ0n) is 9.15. The van der Waals surface area contributed by atoms with E-state index in [1.54, 1.807) is 0 Å². The molecule has 84 valence electrons. The van der Waals surface area contributed by atoms with Crippen LogP contribution in [-0.4, -0.2) is 17.9 Å². The Labute approximate surface area is 149 Å². The van der Waals surface area contributed by atoms with Gasteiger partial charge in [-0.3, -0.25) is 14.7 Å². The molecule has 0 bridgehead atoms. The first-order valence-corrected chi connectivity index (χ1v) is 4.78. The molecule has 0 aliphatic rings. The molecule has 0 aromatic heterocycles. The van der Waals surface area contributed by atoms with Crippen molar-refractivity contribution in [3.8, 4) is 0 Å². The molecular formula is C6H6N2Na2O5S2. The molecule has 0 spiro atoms. The Bertz CT molecular complexity index is 493. The molecule has 0 heterocycles. The SMILES string of the molecule is Nc1ccc(S(=O)(=O)O)cc1[N+](=O)[O-].[Na+].[Na+].[S-2]. The Hall–Kier alpha value is 0.680. The molecule has 0 atom stereocenters. The number of nitrogens with zero attached hydrogens (tertiary/aromatic N) is 1. The number of nitro benzene ring substituents is 1. The fourth-order valence-electron chi connectivity index (χ4n) is 0.842. The fourth-order valence-corrected chi connectivity index (χ4v) is 1.34. The summed E-state index contributed by atoms with van der Waals surface area (Å²) in [6.45, 7) is 0. The van der Waals surface area contributed by atoms with Crippen molar-refractivity contribution < 1.29 is 77.0 Å². The molecule has 0 unspecified atom stereocenters. The van der Waals surface area contributed by atoms with Gasteiger partial charge in [-0.05, 0) is 12.1 Å². The number of nitrogens with two attached hydrogens (primary N) is 1. The van der Waals surface area contributed by atoms with E-state index in [2.05, 4.69) is 0 Å². The van der Waals surface area contributed by atoms with E-state index in [1.807, 2.05) is 0 Å². The van der Waals surface area contributed by atoms with Crippen molar-refractivity contribution in [3.05, 3.63) is 28.3 Å². The molecule has 0 amide bonds. The Morgan fingerprint density at radius 2 is 1.76 bits per heavy atom. The van der Waals surface area contributed by atoms with Gasteiger partial charge in [0.2, 0.25) is 0 Å². The van der Waals surface area contributed by atoms with Gasteiger partial charge in [0.1, 0.15) is 10.6 Å². The van der Waals surface area contributed by atoms with E-state index in [0.29, 0.717) is 6.07 Å². The molecule has 1 rings (SSSR count). The van der Waals surface area contributed by atoms with Crippen LogP contribution in [0.5, 0.6) is 0 Å². The second-order valence-electron chi connectivity index (χ2n) is 2.45. The third-order valence-electron chi connectivity index (χ3n) is 1.50. The number of rotatable bonds is 2. The minimum Gasteiger partial charge on any atom is -2.00 e. The summed E-state index contributed by atoms with van der Waals surface area (Å²) in [5.41, 5.74) is 4.50. The summed E-state index contributed by atoms with van der Waals surface area (Å²) < 4.78 is 29.8. The van der Waals surface area contributed by atoms with Gasteiger partial charge in [-0.25, -0.2) is 0 Å². The Balaban J connectivity index is -0.000000653. The number of anilines is 1. The van der Waals surface area contributed by atoms with Crippen molar-refractivity contribution >= 4 is 35.0 Å². The maximum absolute atomic E-state index is 10.6. The van der Waals surface area contributed by atoms with E-state index in [4.69, 9.17) is 10.3 Å². The third kappa shape index (κ3) is 6.41. The summed E-state index contributed by atoms with van der Waals surface area (Å²) in [6.07, 6.45) is 0. The second-order valence-corrected chi connectivity index (χ2v) is 3.87. The molecule has 0 aliphatic heterocycles. The molecule has 0 saturated heterocycles. The van der Waals surface area contributed by atoms with Crippen LogP contribution in [0.1, 0.15) is 0 Å². The first kappa shape index (κ1) is 22.8. The Morgan fingerprint density at radius 1 is 1.29 bits per heavy atom. The number of nitro groups is 1. The van der Waals surface area contributed by atoms with Crippen LogP contribution >= 0.6 is 0 Å². The van der Waals surface area contributed by atoms with Gasteiger partial charge in [0.25, 0.3) is 15.8 Å². The number of hydrogen-bond donors (Lipinski definition) is 2. The van der Waals surface area contributed by atoms with Gasteiger partial charge in [-0.1, -0.05) is 0 Å². The average Bonchev–Trinajstić information content (AvgIpc) is 2.02. The van der Waals surface area contributed by atoms with Crippen molar-refractivity contribution in [2.45, 2.75) is 4.90 Å². The standard InChI is InChI=1S/C6H6N2O5S.2Na.S/c7-5-2-1-4(14(11,12)13)3-6(5)8(9)10;;;/h1-3H,7H2,(H,11,12,13);;;/q;2*+1;-2. The largest absolute Gasteiger partial charge is 2.00 e. The predicted molar refractivity (Wildman–Crippen MR) is 54.7 cm³/mol. The van der Waals surface area contributed by atoms with Crippen LogP contribution in [0.2, 0.25) is 0 Å². The number of nitrogen functional groups attached to an aromatic ring is 1. The molecule has 1 aromatic rings. The Morgan fingerprint density at radius 3 is 2.12 bits per heavy atom. The van der Waals surface area contributed by atoms with Gasteiger partial charge >= 0.3 is 59.1 Å². The third-order valence-corrected chi connectivity index (χ3v) is 2.35. The summed E-state index contributed by atoms with van der Waals surface area (Å²) >= 11 is 0. The summed E-state index contributed by atoms with van der Waals surface area (Å²) in [6, 6.07) is 2.73. The zero-order valence-corrected chi connectivity index (χ0v) is 14.8. The summed E-state index contributed by atoms with van der Waals surface area (Å²) in [7, 11) is -4.44. The molecular weight excluding hydrogens is 290 g/mol.